The van der Waals surface area contributed by atoms with Gasteiger partial charge in [0.1, 0.15) is 0 Å². The average molecular weight is 225 g/mol. The van der Waals surface area contributed by atoms with Gasteiger partial charge in [-0.1, -0.05) is 30.3 Å². The monoisotopic (exact) mass is 225 g/mol. The molecule has 0 unspecified atom stereocenters. The van der Waals surface area contributed by atoms with Crippen LogP contribution in [0.25, 0.3) is 0 Å². The lowest BCUT2D eigenvalue weighted by atomic mass is 10.00. The van der Waals surface area contributed by atoms with Gasteiger partial charge in [-0.05, 0) is 31.0 Å². The van der Waals surface area contributed by atoms with E-state index in [1.807, 2.05) is 50.2 Å². The number of hydrogen-bond donors (Lipinski definition) is 0. The summed E-state index contributed by atoms with van der Waals surface area (Å²) in [6.45, 7) is 3.94. The maximum atomic E-state index is 12.1. The Kier molecular flexibility index (Phi) is 3.33. The van der Waals surface area contributed by atoms with E-state index in [1.165, 1.54) is 0 Å². The van der Waals surface area contributed by atoms with E-state index in [9.17, 15) is 4.79 Å². The Morgan fingerprint density at radius 3 is 2.47 bits per heavy atom. The summed E-state index contributed by atoms with van der Waals surface area (Å²) in [6, 6.07) is 11.5. The number of pyridine rings is 1. The summed E-state index contributed by atoms with van der Waals surface area (Å²) in [5.74, 6) is 0.130. The molecule has 1 aromatic carbocycles. The van der Waals surface area contributed by atoms with Gasteiger partial charge in [-0.25, -0.2) is 0 Å². The standard InChI is InChI=1S/C15H15NO/c1-11-6-3-4-8-13(11)15(17)10-14-12(2)7-5-9-16-14/h3-9H,10H2,1-2H3. The smallest absolute Gasteiger partial charge is 0.169 e. The van der Waals surface area contributed by atoms with Crippen molar-refractivity contribution in [2.45, 2.75) is 20.3 Å². The molecule has 0 saturated carbocycles. The van der Waals surface area contributed by atoms with E-state index in [2.05, 4.69) is 4.98 Å². The van der Waals surface area contributed by atoms with E-state index >= 15 is 0 Å². The Morgan fingerprint density at radius 1 is 1.06 bits per heavy atom. The lowest BCUT2D eigenvalue weighted by Gasteiger charge is -2.06. The predicted octanol–water partition coefficient (Wildman–Crippen LogP) is 3.12. The minimum atomic E-state index is 0.130. The molecule has 0 radical (unpaired) electrons. The van der Waals surface area contributed by atoms with Gasteiger partial charge in [0, 0.05) is 11.8 Å². The zero-order chi connectivity index (χ0) is 12.3. The molecule has 2 rings (SSSR count). The van der Waals surface area contributed by atoms with E-state index in [4.69, 9.17) is 0 Å². The minimum Gasteiger partial charge on any atom is -0.294 e. The third-order valence-corrected chi connectivity index (χ3v) is 2.89. The SMILES string of the molecule is Cc1ccccc1C(=O)Cc1ncccc1C. The van der Waals surface area contributed by atoms with Crippen molar-refractivity contribution < 1.29 is 4.79 Å². The molecule has 0 N–H and O–H groups in total. The van der Waals surface area contributed by atoms with Gasteiger partial charge >= 0.3 is 0 Å². The summed E-state index contributed by atoms with van der Waals surface area (Å²) in [5, 5.41) is 0. The van der Waals surface area contributed by atoms with Crippen molar-refractivity contribution in [1.29, 1.82) is 0 Å². The Bertz CT molecular complexity index is 546. The van der Waals surface area contributed by atoms with Gasteiger partial charge in [-0.15, -0.1) is 0 Å². The fraction of sp³-hybridized carbons (Fsp3) is 0.200. The quantitative estimate of drug-likeness (QED) is 0.751. The van der Waals surface area contributed by atoms with E-state index in [-0.39, 0.29) is 5.78 Å². The number of Topliss-reactive ketones (excluding diaryl/α,β-unsaturated/α-hetero) is 1. The predicted molar refractivity (Wildman–Crippen MR) is 68.2 cm³/mol. The molecule has 1 heterocycles. The molecule has 0 saturated heterocycles. The van der Waals surface area contributed by atoms with Gasteiger partial charge in [-0.2, -0.15) is 0 Å². The molecule has 0 bridgehead atoms. The summed E-state index contributed by atoms with van der Waals surface area (Å²) in [5.41, 5.74) is 3.74. The zero-order valence-electron chi connectivity index (χ0n) is 10.1. The zero-order valence-corrected chi connectivity index (χ0v) is 10.1. The molecule has 17 heavy (non-hydrogen) atoms. The molecule has 0 amide bonds. The van der Waals surface area contributed by atoms with Crippen molar-refractivity contribution in [2.75, 3.05) is 0 Å². The Balaban J connectivity index is 2.24. The molecule has 2 heteroatoms. The number of ketones is 1. The normalized spacial score (nSPS) is 10.2. The van der Waals surface area contributed by atoms with Crippen LogP contribution in [0.3, 0.4) is 0 Å². The first-order chi connectivity index (χ1) is 8.18. The highest BCUT2D eigenvalue weighted by atomic mass is 16.1. The first-order valence-electron chi connectivity index (χ1n) is 5.68. The maximum absolute atomic E-state index is 12.1. The van der Waals surface area contributed by atoms with E-state index in [1.54, 1.807) is 6.20 Å². The van der Waals surface area contributed by atoms with E-state index in [0.717, 1.165) is 22.4 Å². The maximum Gasteiger partial charge on any atom is 0.169 e. The number of benzene rings is 1. The number of nitrogens with zero attached hydrogens (tertiary/aromatic N) is 1. The number of aryl methyl sites for hydroxylation is 2. The second-order valence-electron chi connectivity index (χ2n) is 4.18. The van der Waals surface area contributed by atoms with Crippen LogP contribution in [0.5, 0.6) is 0 Å². The minimum absolute atomic E-state index is 0.130. The fourth-order valence-electron chi connectivity index (χ4n) is 1.84. The van der Waals surface area contributed by atoms with Gasteiger partial charge in [0.05, 0.1) is 12.1 Å². The van der Waals surface area contributed by atoms with Crippen LogP contribution in [0.2, 0.25) is 0 Å². The molecule has 1 aromatic heterocycles. The third-order valence-electron chi connectivity index (χ3n) is 2.89. The third kappa shape index (κ3) is 2.59. The number of carbonyl (C=O) groups excluding carboxylic acids is 1. The van der Waals surface area contributed by atoms with Crippen LogP contribution in [0.15, 0.2) is 42.6 Å². The summed E-state index contributed by atoms with van der Waals surface area (Å²) in [4.78, 5) is 16.4. The molecule has 0 aliphatic rings. The van der Waals surface area contributed by atoms with Crippen molar-refractivity contribution in [3.8, 4) is 0 Å². The topological polar surface area (TPSA) is 30.0 Å². The molecule has 2 aromatic rings. The largest absolute Gasteiger partial charge is 0.294 e. The fourth-order valence-corrected chi connectivity index (χ4v) is 1.84. The molecule has 0 aliphatic heterocycles. The second-order valence-corrected chi connectivity index (χ2v) is 4.18. The van der Waals surface area contributed by atoms with Crippen LogP contribution in [0.1, 0.15) is 27.2 Å². The van der Waals surface area contributed by atoms with Crippen LogP contribution in [0.4, 0.5) is 0 Å². The van der Waals surface area contributed by atoms with Gasteiger partial charge in [0.15, 0.2) is 5.78 Å². The van der Waals surface area contributed by atoms with Crippen LogP contribution >= 0.6 is 0 Å². The summed E-state index contributed by atoms with van der Waals surface area (Å²) in [7, 11) is 0. The van der Waals surface area contributed by atoms with Gasteiger partial charge < -0.3 is 0 Å². The molecular weight excluding hydrogens is 210 g/mol. The molecule has 86 valence electrons. The van der Waals surface area contributed by atoms with Crippen molar-refractivity contribution in [2.24, 2.45) is 0 Å². The summed E-state index contributed by atoms with van der Waals surface area (Å²) >= 11 is 0. The van der Waals surface area contributed by atoms with Crippen molar-refractivity contribution >= 4 is 5.78 Å². The molecule has 0 atom stereocenters. The number of carbonyl (C=O) groups is 1. The van der Waals surface area contributed by atoms with Crippen LogP contribution in [-0.2, 0) is 6.42 Å². The molecule has 0 spiro atoms. The van der Waals surface area contributed by atoms with Crippen molar-refractivity contribution in [3.05, 3.63) is 65.0 Å². The van der Waals surface area contributed by atoms with Crippen LogP contribution in [0, 0.1) is 13.8 Å². The summed E-state index contributed by atoms with van der Waals surface area (Å²) < 4.78 is 0. The molecule has 0 fully saturated rings. The Morgan fingerprint density at radius 2 is 1.76 bits per heavy atom. The van der Waals surface area contributed by atoms with Gasteiger partial charge in [0.25, 0.3) is 0 Å². The molecule has 0 aliphatic carbocycles. The van der Waals surface area contributed by atoms with Gasteiger partial charge in [-0.3, -0.25) is 9.78 Å². The highest BCUT2D eigenvalue weighted by Crippen LogP contribution is 2.12. The Labute approximate surface area is 101 Å². The summed E-state index contributed by atoms with van der Waals surface area (Å²) in [6.07, 6.45) is 2.10. The van der Waals surface area contributed by atoms with Crippen molar-refractivity contribution in [3.63, 3.8) is 0 Å². The molecular formula is C15H15NO. The van der Waals surface area contributed by atoms with Crippen LogP contribution < -0.4 is 0 Å². The van der Waals surface area contributed by atoms with E-state index < -0.39 is 0 Å². The first-order valence-corrected chi connectivity index (χ1v) is 5.68. The first kappa shape index (κ1) is 11.5. The Hall–Kier alpha value is -1.96. The molecule has 2 nitrogen and oxygen atoms in total. The van der Waals surface area contributed by atoms with Crippen LogP contribution in [-0.4, -0.2) is 10.8 Å². The average Bonchev–Trinajstić information content (AvgIpc) is 2.32. The van der Waals surface area contributed by atoms with E-state index in [0.29, 0.717) is 6.42 Å². The number of aromatic nitrogens is 1. The lowest BCUT2D eigenvalue weighted by Crippen LogP contribution is -2.07. The highest BCUT2D eigenvalue weighted by molar-refractivity contribution is 5.98. The number of rotatable bonds is 3. The highest BCUT2D eigenvalue weighted by Gasteiger charge is 2.11. The second kappa shape index (κ2) is 4.91. The lowest BCUT2D eigenvalue weighted by molar-refractivity contribution is 0.0991. The van der Waals surface area contributed by atoms with Gasteiger partial charge in [0.2, 0.25) is 0 Å². The number of hydrogen-bond acceptors (Lipinski definition) is 2. The van der Waals surface area contributed by atoms with Crippen molar-refractivity contribution in [1.82, 2.24) is 4.98 Å².